The maximum Gasteiger partial charge on any atom is 0.106 e. The smallest absolute Gasteiger partial charge is 0.106 e. The topological polar surface area (TPSA) is 20.2 Å². The van der Waals surface area contributed by atoms with E-state index in [0.29, 0.717) is 5.92 Å². The zero-order valence-electron chi connectivity index (χ0n) is 17.6. The number of nitrogens with zero attached hydrogens (tertiary/aromatic N) is 1. The molecule has 1 atom stereocenters. The minimum absolute atomic E-state index is 0. The summed E-state index contributed by atoms with van der Waals surface area (Å²) in [6, 6.07) is 0. The highest BCUT2D eigenvalue weighted by molar-refractivity contribution is 4.79. The van der Waals surface area contributed by atoms with Gasteiger partial charge in [0, 0.05) is 18.8 Å². The fraction of sp³-hybridized carbons (Fsp3) is 1.00. The Bertz CT molecular complexity index is 328. The van der Waals surface area contributed by atoms with Gasteiger partial charge in [-0.25, -0.2) is 0 Å². The van der Waals surface area contributed by atoms with Crippen LogP contribution in [0.1, 0.15) is 110 Å². The fourth-order valence-corrected chi connectivity index (χ4v) is 5.21. The second-order valence-electron chi connectivity index (χ2n) is 9.20. The molecule has 3 fully saturated rings. The van der Waals surface area contributed by atoms with Crippen molar-refractivity contribution in [2.24, 2.45) is 5.92 Å². The van der Waals surface area contributed by atoms with Crippen molar-refractivity contribution in [3.8, 4) is 0 Å². The molecule has 2 nitrogen and oxygen atoms in total. The maximum absolute atomic E-state index is 10.2. The molecule has 3 aliphatic rings. The van der Waals surface area contributed by atoms with Crippen LogP contribution in [0, 0.1) is 5.92 Å². The Hall–Kier alpha value is 0.400. The minimum atomic E-state index is 0. The van der Waals surface area contributed by atoms with Gasteiger partial charge in [0.1, 0.15) is 12.6 Å². The lowest BCUT2D eigenvalue weighted by Gasteiger charge is -2.51. The summed E-state index contributed by atoms with van der Waals surface area (Å²) in [6.45, 7) is 7.38. The first kappa shape index (κ1) is 24.4. The highest BCUT2D eigenvalue weighted by Crippen LogP contribution is 2.34. The molecule has 0 unspecified atom stereocenters. The number of unbranched alkanes of at least 4 members (excludes halogenated alkanes) is 13. The summed E-state index contributed by atoms with van der Waals surface area (Å²) >= 11 is 0. The molecule has 3 heteroatoms. The second-order valence-corrected chi connectivity index (χ2v) is 9.20. The minimum Gasteiger partial charge on any atom is -1.00 e. The van der Waals surface area contributed by atoms with Crippen molar-refractivity contribution >= 4 is 0 Å². The van der Waals surface area contributed by atoms with Crippen LogP contribution in [-0.4, -0.2) is 41.9 Å². The average molecular weight is 433 g/mol. The van der Waals surface area contributed by atoms with Crippen molar-refractivity contribution in [3.05, 3.63) is 0 Å². The number of rotatable bonds is 15. The lowest BCUT2D eigenvalue weighted by Crippen LogP contribution is -3.00. The Morgan fingerprint density at radius 2 is 1.12 bits per heavy atom. The van der Waals surface area contributed by atoms with E-state index in [1.807, 2.05) is 0 Å². The normalized spacial score (nSPS) is 27.5. The van der Waals surface area contributed by atoms with Gasteiger partial charge in [0.15, 0.2) is 0 Å². The summed E-state index contributed by atoms with van der Waals surface area (Å²) in [6.07, 6.45) is 22.7. The van der Waals surface area contributed by atoms with Gasteiger partial charge in [-0.05, 0) is 12.8 Å². The van der Waals surface area contributed by atoms with E-state index < -0.39 is 0 Å². The molecule has 0 aromatic carbocycles. The zero-order valence-corrected chi connectivity index (χ0v) is 19.2. The number of fused-ring (bicyclic) bond motifs is 3. The summed E-state index contributed by atoms with van der Waals surface area (Å²) in [5, 5.41) is 10.2. The van der Waals surface area contributed by atoms with E-state index in [-0.39, 0.29) is 23.1 Å². The molecule has 0 radical (unpaired) electrons. The van der Waals surface area contributed by atoms with Crippen molar-refractivity contribution in [2.75, 3.05) is 26.2 Å². The van der Waals surface area contributed by atoms with Gasteiger partial charge in [0.25, 0.3) is 0 Å². The van der Waals surface area contributed by atoms with E-state index >= 15 is 0 Å². The van der Waals surface area contributed by atoms with Crippen LogP contribution in [0.25, 0.3) is 0 Å². The number of aliphatic hydroxyl groups excluding tert-OH is 1. The summed E-state index contributed by atoms with van der Waals surface area (Å²) in [4.78, 5) is 0. The summed E-state index contributed by atoms with van der Waals surface area (Å²) < 4.78 is 1.25. The van der Waals surface area contributed by atoms with E-state index in [4.69, 9.17) is 0 Å². The van der Waals surface area contributed by atoms with Crippen molar-refractivity contribution in [1.29, 1.82) is 0 Å². The molecule has 3 aliphatic heterocycles. The maximum atomic E-state index is 10.2. The van der Waals surface area contributed by atoms with Crippen molar-refractivity contribution in [3.63, 3.8) is 0 Å². The van der Waals surface area contributed by atoms with Gasteiger partial charge in [-0.3, -0.25) is 0 Å². The van der Waals surface area contributed by atoms with Crippen LogP contribution < -0.4 is 17.0 Å². The monoisotopic (exact) mass is 431 g/mol. The molecule has 26 heavy (non-hydrogen) atoms. The van der Waals surface area contributed by atoms with Crippen LogP contribution in [0.3, 0.4) is 0 Å². The number of hydrogen-bond donors (Lipinski definition) is 1. The average Bonchev–Trinajstić information content (AvgIpc) is 2.63. The van der Waals surface area contributed by atoms with E-state index in [9.17, 15) is 5.11 Å². The van der Waals surface area contributed by atoms with Gasteiger partial charge in [0.05, 0.1) is 19.6 Å². The number of hydrogen-bond acceptors (Lipinski definition) is 1. The molecule has 0 aromatic rings. The van der Waals surface area contributed by atoms with E-state index in [1.54, 1.807) is 0 Å². The quantitative estimate of drug-likeness (QED) is 0.312. The Morgan fingerprint density at radius 1 is 0.692 bits per heavy atom. The molecule has 3 saturated heterocycles. The van der Waals surface area contributed by atoms with E-state index in [0.717, 1.165) is 6.54 Å². The van der Waals surface area contributed by atoms with Crippen LogP contribution in [0.5, 0.6) is 0 Å². The van der Waals surface area contributed by atoms with Gasteiger partial charge in [-0.15, -0.1) is 0 Å². The molecule has 0 aromatic heterocycles. The lowest BCUT2D eigenvalue weighted by molar-refractivity contribution is -0.946. The molecule has 3 heterocycles. The van der Waals surface area contributed by atoms with Crippen LogP contribution in [0.2, 0.25) is 0 Å². The zero-order chi connectivity index (χ0) is 17.8. The first-order valence-corrected chi connectivity index (χ1v) is 11.8. The molecule has 2 bridgehead atoms. The third kappa shape index (κ3) is 9.06. The molecule has 0 aliphatic carbocycles. The number of halogens is 1. The Morgan fingerprint density at radius 3 is 1.54 bits per heavy atom. The predicted octanol–water partition coefficient (Wildman–Crippen LogP) is 3.07. The van der Waals surface area contributed by atoms with Gasteiger partial charge in [-0.2, -0.15) is 0 Å². The summed E-state index contributed by atoms with van der Waals surface area (Å²) in [5.41, 5.74) is 0. The fourth-order valence-electron chi connectivity index (χ4n) is 5.21. The third-order valence-corrected chi connectivity index (χ3v) is 7.05. The predicted molar refractivity (Wildman–Crippen MR) is 109 cm³/mol. The second kappa shape index (κ2) is 14.4. The highest BCUT2D eigenvalue weighted by atomic mass is 79.9. The Kier molecular flexibility index (Phi) is 13.5. The van der Waals surface area contributed by atoms with E-state index in [1.165, 1.54) is 127 Å². The highest BCUT2D eigenvalue weighted by Gasteiger charge is 2.44. The SMILES string of the molecule is CCCCCCCCCCCCCCCC[N+]12CCC(CC1)[C@@H](O)C2.[Br-]. The molecule has 3 rings (SSSR count). The van der Waals surface area contributed by atoms with Crippen molar-refractivity contribution < 1.29 is 26.6 Å². The Balaban J connectivity index is 0.00000338. The molecule has 1 N–H and O–H groups in total. The van der Waals surface area contributed by atoms with Gasteiger partial charge < -0.3 is 26.6 Å². The first-order valence-electron chi connectivity index (χ1n) is 11.8. The Labute approximate surface area is 174 Å². The first-order chi connectivity index (χ1) is 12.3. The van der Waals surface area contributed by atoms with Gasteiger partial charge in [-0.1, -0.05) is 84.0 Å². The molecule has 0 saturated carbocycles. The number of quaternary nitrogens is 1. The molecule has 0 amide bonds. The van der Waals surface area contributed by atoms with Crippen LogP contribution in [0.4, 0.5) is 0 Å². The van der Waals surface area contributed by atoms with Crippen molar-refractivity contribution in [2.45, 2.75) is 116 Å². The summed E-state index contributed by atoms with van der Waals surface area (Å²) in [5.74, 6) is 0.636. The van der Waals surface area contributed by atoms with Gasteiger partial charge in [0.2, 0.25) is 0 Å². The number of piperidine rings is 3. The lowest BCUT2D eigenvalue weighted by atomic mass is 9.83. The molecule has 156 valence electrons. The molecular formula is C23H46BrNO. The van der Waals surface area contributed by atoms with Crippen LogP contribution in [0.15, 0.2) is 0 Å². The van der Waals surface area contributed by atoms with E-state index in [2.05, 4.69) is 6.92 Å². The van der Waals surface area contributed by atoms with Crippen molar-refractivity contribution in [1.82, 2.24) is 0 Å². The molecule has 0 spiro atoms. The van der Waals surface area contributed by atoms with Crippen LogP contribution in [-0.2, 0) is 0 Å². The summed E-state index contributed by atoms with van der Waals surface area (Å²) in [7, 11) is 0. The van der Waals surface area contributed by atoms with Gasteiger partial charge >= 0.3 is 0 Å². The standard InChI is InChI=1S/C23H46NO.BrH/c1-2-3-4-5-6-7-8-9-10-11-12-13-14-15-18-24-19-16-22(17-20-24)23(25)21-24;/h22-23,25H,2-21H2,1H3;1H/q+1;/p-1/t22?,23-,24?;/m0./s1. The van der Waals surface area contributed by atoms with Crippen LogP contribution >= 0.6 is 0 Å². The third-order valence-electron chi connectivity index (χ3n) is 7.05. The largest absolute Gasteiger partial charge is 1.00 e. The molecular weight excluding hydrogens is 386 g/mol. The number of aliphatic hydroxyl groups is 1.